The van der Waals surface area contributed by atoms with Gasteiger partial charge in [0.05, 0.1) is 0 Å². The molecular formula is C16H30N2O4. The maximum Gasteiger partial charge on any atom is 0.410 e. The zero-order chi connectivity index (χ0) is 16.6. The Bertz CT molecular complexity index is 349. The molecule has 1 amide bonds. The molecule has 0 aromatic heterocycles. The second-order valence-electron chi connectivity index (χ2n) is 6.87. The third-order valence-corrected chi connectivity index (χ3v) is 3.68. The molecule has 1 saturated heterocycles. The van der Waals surface area contributed by atoms with Crippen molar-refractivity contribution in [2.24, 2.45) is 0 Å². The monoisotopic (exact) mass is 314 g/mol. The molecule has 128 valence electrons. The van der Waals surface area contributed by atoms with Crippen LogP contribution in [-0.2, 0) is 14.3 Å². The van der Waals surface area contributed by atoms with Gasteiger partial charge < -0.3 is 19.7 Å². The van der Waals surface area contributed by atoms with Crippen molar-refractivity contribution in [2.45, 2.75) is 71.1 Å². The lowest BCUT2D eigenvalue weighted by Gasteiger charge is -2.35. The zero-order valence-corrected chi connectivity index (χ0v) is 14.3. The number of hydrogen-bond acceptors (Lipinski definition) is 5. The number of piperazine rings is 1. The van der Waals surface area contributed by atoms with Gasteiger partial charge in [0.15, 0.2) is 0 Å². The van der Waals surface area contributed by atoms with Crippen molar-refractivity contribution in [1.29, 1.82) is 0 Å². The molecule has 6 nitrogen and oxygen atoms in total. The minimum atomic E-state index is -0.401. The van der Waals surface area contributed by atoms with E-state index >= 15 is 0 Å². The summed E-state index contributed by atoms with van der Waals surface area (Å²) in [6.45, 7) is 10.7. The molecule has 0 spiro atoms. The lowest BCUT2D eigenvalue weighted by atomic mass is 10.2. The van der Waals surface area contributed by atoms with Gasteiger partial charge in [-0.25, -0.2) is 4.79 Å². The normalized spacial score (nSPS) is 22.5. The Balaban J connectivity index is 0.000000255. The second-order valence-corrected chi connectivity index (χ2v) is 6.87. The van der Waals surface area contributed by atoms with Crippen LogP contribution in [0.2, 0.25) is 0 Å². The molecule has 1 saturated carbocycles. The van der Waals surface area contributed by atoms with Crippen LogP contribution in [0, 0.1) is 0 Å². The van der Waals surface area contributed by atoms with Gasteiger partial charge in [0, 0.05) is 25.7 Å². The Morgan fingerprint density at radius 3 is 2.41 bits per heavy atom. The molecule has 1 atom stereocenters. The number of nitrogens with one attached hydrogen (secondary N) is 1. The van der Waals surface area contributed by atoms with Crippen LogP contribution in [0.4, 0.5) is 4.79 Å². The smallest absolute Gasteiger partial charge is 0.410 e. The summed E-state index contributed by atoms with van der Waals surface area (Å²) >= 11 is 0. The number of nitrogens with zero attached hydrogens (tertiary/aromatic N) is 1. The first-order chi connectivity index (χ1) is 10.3. The van der Waals surface area contributed by atoms with Crippen LogP contribution >= 0.6 is 0 Å². The van der Waals surface area contributed by atoms with E-state index in [1.54, 1.807) is 4.90 Å². The highest BCUT2D eigenvalue weighted by molar-refractivity contribution is 5.68. The minimum absolute atomic E-state index is 0.202. The highest BCUT2D eigenvalue weighted by Gasteiger charge is 2.27. The first-order valence-corrected chi connectivity index (χ1v) is 8.13. The zero-order valence-electron chi connectivity index (χ0n) is 14.3. The minimum Gasteiger partial charge on any atom is -0.465 e. The highest BCUT2D eigenvalue weighted by atomic mass is 16.6. The third-order valence-electron chi connectivity index (χ3n) is 3.68. The van der Waals surface area contributed by atoms with Gasteiger partial charge in [0.2, 0.25) is 0 Å². The molecular weight excluding hydrogens is 284 g/mol. The molecule has 0 radical (unpaired) electrons. The standard InChI is InChI=1S/C10H20N2O2.C6H10O2/c1-8-7-11-5-6-12(8)9(13)14-10(2,3)4;7-5-8-6-3-1-2-4-6/h8,11H,5-7H2,1-4H3;5-6H,1-4H2. The Labute approximate surface area is 133 Å². The van der Waals surface area contributed by atoms with Crippen molar-refractivity contribution >= 4 is 12.6 Å². The number of amides is 1. The summed E-state index contributed by atoms with van der Waals surface area (Å²) < 4.78 is 10.0. The lowest BCUT2D eigenvalue weighted by molar-refractivity contribution is -0.133. The SMILES string of the molecule is CC1CNCCN1C(=O)OC(C)(C)C.O=COC1CCCC1. The quantitative estimate of drug-likeness (QED) is 0.792. The summed E-state index contributed by atoms with van der Waals surface area (Å²) in [5, 5.41) is 3.23. The van der Waals surface area contributed by atoms with Crippen molar-refractivity contribution < 1.29 is 19.1 Å². The van der Waals surface area contributed by atoms with E-state index in [2.05, 4.69) is 5.32 Å². The van der Waals surface area contributed by atoms with Crippen molar-refractivity contribution in [3.63, 3.8) is 0 Å². The molecule has 1 heterocycles. The molecule has 1 aliphatic carbocycles. The van der Waals surface area contributed by atoms with E-state index in [9.17, 15) is 9.59 Å². The molecule has 0 aromatic rings. The number of carbonyl (C=O) groups is 2. The van der Waals surface area contributed by atoms with E-state index in [1.807, 2.05) is 27.7 Å². The molecule has 1 aliphatic heterocycles. The van der Waals surface area contributed by atoms with Gasteiger partial charge in [-0.2, -0.15) is 0 Å². The van der Waals surface area contributed by atoms with Gasteiger partial charge in [-0.1, -0.05) is 0 Å². The van der Waals surface area contributed by atoms with Crippen molar-refractivity contribution in [2.75, 3.05) is 19.6 Å². The maximum absolute atomic E-state index is 11.7. The molecule has 1 unspecified atom stereocenters. The van der Waals surface area contributed by atoms with Crippen molar-refractivity contribution in [1.82, 2.24) is 10.2 Å². The topological polar surface area (TPSA) is 67.9 Å². The molecule has 2 aliphatic rings. The number of carbonyl (C=O) groups excluding carboxylic acids is 2. The average molecular weight is 314 g/mol. The van der Waals surface area contributed by atoms with E-state index < -0.39 is 5.60 Å². The number of hydrogen-bond donors (Lipinski definition) is 1. The summed E-state index contributed by atoms with van der Waals surface area (Å²) in [6, 6.07) is 0.221. The maximum atomic E-state index is 11.7. The van der Waals surface area contributed by atoms with Crippen LogP contribution in [0.15, 0.2) is 0 Å². The largest absolute Gasteiger partial charge is 0.465 e. The average Bonchev–Trinajstić information content (AvgIpc) is 2.91. The van der Waals surface area contributed by atoms with Crippen LogP contribution in [0.25, 0.3) is 0 Å². The van der Waals surface area contributed by atoms with Crippen LogP contribution in [0.3, 0.4) is 0 Å². The molecule has 6 heteroatoms. The van der Waals surface area contributed by atoms with E-state index in [4.69, 9.17) is 9.47 Å². The molecule has 1 N–H and O–H groups in total. The van der Waals surface area contributed by atoms with Crippen LogP contribution in [-0.4, -0.2) is 54.8 Å². The molecule has 22 heavy (non-hydrogen) atoms. The first kappa shape index (κ1) is 18.7. The lowest BCUT2D eigenvalue weighted by Crippen LogP contribution is -2.53. The predicted molar refractivity (Wildman–Crippen MR) is 84.7 cm³/mol. The molecule has 2 rings (SSSR count). The third kappa shape index (κ3) is 7.11. The van der Waals surface area contributed by atoms with Gasteiger partial charge in [-0.3, -0.25) is 4.79 Å². The summed E-state index contributed by atoms with van der Waals surface area (Å²) in [5.41, 5.74) is -0.401. The van der Waals surface area contributed by atoms with E-state index in [0.29, 0.717) is 6.47 Å². The molecule has 0 bridgehead atoms. The fraction of sp³-hybridized carbons (Fsp3) is 0.875. The summed E-state index contributed by atoms with van der Waals surface area (Å²) in [7, 11) is 0. The Hall–Kier alpha value is -1.30. The fourth-order valence-corrected chi connectivity index (χ4v) is 2.54. The van der Waals surface area contributed by atoms with E-state index in [1.165, 1.54) is 12.8 Å². The van der Waals surface area contributed by atoms with Crippen molar-refractivity contribution in [3.8, 4) is 0 Å². The van der Waals surface area contributed by atoms with Crippen LogP contribution in [0.1, 0.15) is 53.4 Å². The molecule has 2 fully saturated rings. The summed E-state index contributed by atoms with van der Waals surface area (Å²) in [6.07, 6.45) is 4.62. The first-order valence-electron chi connectivity index (χ1n) is 8.13. The Kier molecular flexibility index (Phi) is 7.65. The van der Waals surface area contributed by atoms with Crippen LogP contribution < -0.4 is 5.32 Å². The summed E-state index contributed by atoms with van der Waals surface area (Å²) in [5.74, 6) is 0. The summed E-state index contributed by atoms with van der Waals surface area (Å²) in [4.78, 5) is 23.2. The fourth-order valence-electron chi connectivity index (χ4n) is 2.54. The van der Waals surface area contributed by atoms with Gasteiger partial charge in [-0.15, -0.1) is 0 Å². The van der Waals surface area contributed by atoms with Gasteiger partial charge >= 0.3 is 6.09 Å². The predicted octanol–water partition coefficient (Wildman–Crippen LogP) is 2.32. The van der Waals surface area contributed by atoms with E-state index in [-0.39, 0.29) is 18.2 Å². The van der Waals surface area contributed by atoms with E-state index in [0.717, 1.165) is 32.5 Å². The Morgan fingerprint density at radius 1 is 1.27 bits per heavy atom. The molecule has 0 aromatic carbocycles. The number of rotatable bonds is 2. The van der Waals surface area contributed by atoms with Gasteiger partial charge in [0.25, 0.3) is 6.47 Å². The highest BCUT2D eigenvalue weighted by Crippen LogP contribution is 2.19. The number of ether oxygens (including phenoxy) is 2. The second kappa shape index (κ2) is 8.98. The van der Waals surface area contributed by atoms with Crippen molar-refractivity contribution in [3.05, 3.63) is 0 Å². The Morgan fingerprint density at radius 2 is 1.91 bits per heavy atom. The van der Waals surface area contributed by atoms with Gasteiger partial charge in [0.1, 0.15) is 11.7 Å². The van der Waals surface area contributed by atoms with Gasteiger partial charge in [-0.05, 0) is 53.4 Å². The van der Waals surface area contributed by atoms with Crippen LogP contribution in [0.5, 0.6) is 0 Å².